The third kappa shape index (κ3) is 3.38. The van der Waals surface area contributed by atoms with Crippen LogP contribution in [-0.2, 0) is 9.47 Å². The number of rotatable bonds is 5. The first kappa shape index (κ1) is 13.2. The van der Waals surface area contributed by atoms with Gasteiger partial charge in [-0.2, -0.15) is 0 Å². The zero-order valence-corrected chi connectivity index (χ0v) is 11.3. The van der Waals surface area contributed by atoms with Gasteiger partial charge in [0.1, 0.15) is 5.75 Å². The zero-order valence-electron chi connectivity index (χ0n) is 11.3. The van der Waals surface area contributed by atoms with Crippen LogP contribution in [0.1, 0.15) is 6.42 Å². The lowest BCUT2D eigenvalue weighted by atomic mass is 10.1. The van der Waals surface area contributed by atoms with Crippen LogP contribution < -0.4 is 4.74 Å². The molecular formula is C17H18O3. The third-order valence-corrected chi connectivity index (χ3v) is 3.27. The summed E-state index contributed by atoms with van der Waals surface area (Å²) in [7, 11) is 0. The van der Waals surface area contributed by atoms with E-state index in [0.717, 1.165) is 12.2 Å². The molecule has 1 saturated heterocycles. The van der Waals surface area contributed by atoms with Crippen molar-refractivity contribution in [1.82, 2.24) is 0 Å². The monoisotopic (exact) mass is 270 g/mol. The molecule has 0 saturated carbocycles. The predicted octanol–water partition coefficient (Wildman–Crippen LogP) is 3.50. The van der Waals surface area contributed by atoms with Gasteiger partial charge < -0.3 is 14.2 Å². The van der Waals surface area contributed by atoms with Gasteiger partial charge in [-0.25, -0.2) is 0 Å². The number of benzene rings is 2. The van der Waals surface area contributed by atoms with Crippen molar-refractivity contribution in [2.45, 2.75) is 12.7 Å². The standard InChI is InChI=1S/C17H18O3/c1-2-4-14(5-3-1)15-6-8-16(9-7-15)18-11-10-17-19-12-13-20-17/h1-9,17H,10-13H2. The third-order valence-electron chi connectivity index (χ3n) is 3.27. The van der Waals surface area contributed by atoms with Crippen LogP contribution in [0.4, 0.5) is 0 Å². The quantitative estimate of drug-likeness (QED) is 0.832. The van der Waals surface area contributed by atoms with E-state index in [0.29, 0.717) is 19.8 Å². The molecule has 0 atom stereocenters. The molecule has 20 heavy (non-hydrogen) atoms. The van der Waals surface area contributed by atoms with Gasteiger partial charge in [-0.05, 0) is 23.3 Å². The van der Waals surface area contributed by atoms with Crippen molar-refractivity contribution in [2.75, 3.05) is 19.8 Å². The van der Waals surface area contributed by atoms with Crippen LogP contribution in [0.25, 0.3) is 11.1 Å². The van der Waals surface area contributed by atoms with E-state index in [9.17, 15) is 0 Å². The molecule has 1 aliphatic heterocycles. The minimum atomic E-state index is -0.0985. The molecule has 0 aliphatic carbocycles. The average molecular weight is 270 g/mol. The second-order valence-electron chi connectivity index (χ2n) is 4.70. The molecule has 0 unspecified atom stereocenters. The highest BCUT2D eigenvalue weighted by molar-refractivity contribution is 5.63. The van der Waals surface area contributed by atoms with Crippen molar-refractivity contribution >= 4 is 0 Å². The first-order valence-electron chi connectivity index (χ1n) is 6.93. The Morgan fingerprint density at radius 3 is 2.20 bits per heavy atom. The van der Waals surface area contributed by atoms with E-state index in [1.807, 2.05) is 30.3 Å². The molecule has 0 spiro atoms. The smallest absolute Gasteiger partial charge is 0.161 e. The Morgan fingerprint density at radius 1 is 0.850 bits per heavy atom. The van der Waals surface area contributed by atoms with Crippen molar-refractivity contribution in [2.24, 2.45) is 0 Å². The highest BCUT2D eigenvalue weighted by atomic mass is 16.7. The number of ether oxygens (including phenoxy) is 3. The molecule has 2 aromatic carbocycles. The molecule has 1 fully saturated rings. The average Bonchev–Trinajstić information content (AvgIpc) is 3.02. The second-order valence-corrected chi connectivity index (χ2v) is 4.70. The molecule has 2 aromatic rings. The van der Waals surface area contributed by atoms with Crippen LogP contribution in [0.2, 0.25) is 0 Å². The Labute approximate surface area is 119 Å². The maximum Gasteiger partial charge on any atom is 0.161 e. The summed E-state index contributed by atoms with van der Waals surface area (Å²) in [5.74, 6) is 0.877. The predicted molar refractivity (Wildman–Crippen MR) is 77.7 cm³/mol. The summed E-state index contributed by atoms with van der Waals surface area (Å²) < 4.78 is 16.4. The van der Waals surface area contributed by atoms with E-state index in [4.69, 9.17) is 14.2 Å². The van der Waals surface area contributed by atoms with Gasteiger partial charge in [0.05, 0.1) is 19.8 Å². The summed E-state index contributed by atoms with van der Waals surface area (Å²) >= 11 is 0. The molecule has 3 nitrogen and oxygen atoms in total. The largest absolute Gasteiger partial charge is 0.493 e. The van der Waals surface area contributed by atoms with Crippen LogP contribution >= 0.6 is 0 Å². The summed E-state index contributed by atoms with van der Waals surface area (Å²) in [5.41, 5.74) is 2.41. The van der Waals surface area contributed by atoms with E-state index in [-0.39, 0.29) is 6.29 Å². The Hall–Kier alpha value is -1.84. The van der Waals surface area contributed by atoms with Crippen molar-refractivity contribution in [1.29, 1.82) is 0 Å². The van der Waals surface area contributed by atoms with Crippen molar-refractivity contribution in [3.63, 3.8) is 0 Å². The lowest BCUT2D eigenvalue weighted by Gasteiger charge is -2.10. The highest BCUT2D eigenvalue weighted by Gasteiger charge is 2.15. The first-order valence-corrected chi connectivity index (χ1v) is 6.93. The lowest BCUT2D eigenvalue weighted by molar-refractivity contribution is -0.0531. The Balaban J connectivity index is 1.53. The normalized spacial score (nSPS) is 15.4. The molecule has 3 rings (SSSR count). The Morgan fingerprint density at radius 2 is 1.50 bits per heavy atom. The fourth-order valence-corrected chi connectivity index (χ4v) is 2.22. The molecular weight excluding hydrogens is 252 g/mol. The summed E-state index contributed by atoms with van der Waals surface area (Å²) in [6.45, 7) is 1.99. The summed E-state index contributed by atoms with van der Waals surface area (Å²) in [6.07, 6.45) is 0.666. The number of hydrogen-bond acceptors (Lipinski definition) is 3. The molecule has 3 heteroatoms. The van der Waals surface area contributed by atoms with Crippen LogP contribution in [0.5, 0.6) is 5.75 Å². The minimum absolute atomic E-state index is 0.0985. The zero-order chi connectivity index (χ0) is 13.6. The van der Waals surface area contributed by atoms with Gasteiger partial charge in [0.15, 0.2) is 6.29 Å². The first-order chi connectivity index (χ1) is 9.92. The van der Waals surface area contributed by atoms with Gasteiger partial charge in [0.2, 0.25) is 0 Å². The fourth-order valence-electron chi connectivity index (χ4n) is 2.22. The molecule has 0 radical (unpaired) electrons. The van der Waals surface area contributed by atoms with Crippen LogP contribution in [0.3, 0.4) is 0 Å². The highest BCUT2D eigenvalue weighted by Crippen LogP contribution is 2.22. The molecule has 0 amide bonds. The van der Waals surface area contributed by atoms with E-state index >= 15 is 0 Å². The Bertz CT molecular complexity index is 516. The molecule has 1 heterocycles. The molecule has 0 aromatic heterocycles. The molecule has 1 aliphatic rings. The van der Waals surface area contributed by atoms with Crippen LogP contribution in [0.15, 0.2) is 54.6 Å². The maximum atomic E-state index is 5.70. The van der Waals surface area contributed by atoms with Gasteiger partial charge in [0.25, 0.3) is 0 Å². The fraction of sp³-hybridized carbons (Fsp3) is 0.294. The van der Waals surface area contributed by atoms with Crippen molar-refractivity contribution in [3.8, 4) is 16.9 Å². The minimum Gasteiger partial charge on any atom is -0.493 e. The van der Waals surface area contributed by atoms with Crippen molar-refractivity contribution < 1.29 is 14.2 Å². The van der Waals surface area contributed by atoms with Crippen LogP contribution in [-0.4, -0.2) is 26.1 Å². The van der Waals surface area contributed by atoms with Gasteiger partial charge in [-0.1, -0.05) is 42.5 Å². The van der Waals surface area contributed by atoms with E-state index in [1.165, 1.54) is 11.1 Å². The van der Waals surface area contributed by atoms with Gasteiger partial charge in [-0.3, -0.25) is 0 Å². The van der Waals surface area contributed by atoms with Gasteiger partial charge in [-0.15, -0.1) is 0 Å². The van der Waals surface area contributed by atoms with E-state index in [1.54, 1.807) is 0 Å². The molecule has 104 valence electrons. The summed E-state index contributed by atoms with van der Waals surface area (Å²) in [4.78, 5) is 0. The van der Waals surface area contributed by atoms with Crippen molar-refractivity contribution in [3.05, 3.63) is 54.6 Å². The van der Waals surface area contributed by atoms with E-state index in [2.05, 4.69) is 24.3 Å². The molecule has 0 bridgehead atoms. The van der Waals surface area contributed by atoms with Gasteiger partial charge in [0, 0.05) is 6.42 Å². The summed E-state index contributed by atoms with van der Waals surface area (Å²) in [6, 6.07) is 18.5. The van der Waals surface area contributed by atoms with E-state index < -0.39 is 0 Å². The SMILES string of the molecule is c1ccc(-c2ccc(OCCC3OCCO3)cc2)cc1. The van der Waals surface area contributed by atoms with Gasteiger partial charge >= 0.3 is 0 Å². The Kier molecular flexibility index (Phi) is 4.31. The topological polar surface area (TPSA) is 27.7 Å². The van der Waals surface area contributed by atoms with Crippen LogP contribution in [0, 0.1) is 0 Å². The maximum absolute atomic E-state index is 5.70. The summed E-state index contributed by atoms with van der Waals surface area (Å²) in [5, 5.41) is 0. The second kappa shape index (κ2) is 6.55. The molecule has 0 N–H and O–H groups in total. The lowest BCUT2D eigenvalue weighted by Crippen LogP contribution is -2.12. The number of hydrogen-bond donors (Lipinski definition) is 0.